The van der Waals surface area contributed by atoms with Gasteiger partial charge < -0.3 is 18.6 Å². The summed E-state index contributed by atoms with van der Waals surface area (Å²) in [5, 5.41) is 0. The largest absolute Gasteiger partial charge is 0.493 e. The summed E-state index contributed by atoms with van der Waals surface area (Å²) in [4.78, 5) is 5.90. The molecule has 0 aliphatic carbocycles. The molecule has 1 atom stereocenters. The average molecular weight is 456 g/mol. The predicted octanol–water partition coefficient (Wildman–Crippen LogP) is 5.98. The minimum absolute atomic E-state index is 0.156. The van der Waals surface area contributed by atoms with Crippen molar-refractivity contribution in [3.05, 3.63) is 65.5 Å². The van der Waals surface area contributed by atoms with Crippen LogP contribution in [0.15, 0.2) is 57.8 Å². The lowest BCUT2D eigenvalue weighted by Gasteiger charge is -2.13. The van der Waals surface area contributed by atoms with Crippen LogP contribution in [0.25, 0.3) is 11.5 Å². The van der Waals surface area contributed by atoms with E-state index in [4.69, 9.17) is 18.6 Å². The van der Waals surface area contributed by atoms with Crippen LogP contribution in [0.4, 0.5) is 0 Å². The van der Waals surface area contributed by atoms with Crippen LogP contribution >= 0.6 is 11.8 Å². The number of benzene rings is 2. The molecule has 0 aliphatic heterocycles. The number of nitrogens with zero attached hydrogens (tertiary/aromatic N) is 1. The third-order valence-corrected chi connectivity index (χ3v) is 5.86. The smallest absolute Gasteiger partial charge is 0.226 e. The number of rotatable bonds is 13. The summed E-state index contributed by atoms with van der Waals surface area (Å²) in [7, 11) is 0. The zero-order valence-electron chi connectivity index (χ0n) is 19.4. The van der Waals surface area contributed by atoms with Gasteiger partial charge in [-0.2, -0.15) is 0 Å². The fourth-order valence-electron chi connectivity index (χ4n) is 3.35. The fourth-order valence-corrected chi connectivity index (χ4v) is 3.76. The molecule has 1 aromatic heterocycles. The van der Waals surface area contributed by atoms with E-state index < -0.39 is 0 Å². The van der Waals surface area contributed by atoms with Crippen molar-refractivity contribution in [2.75, 3.05) is 32.7 Å². The topological polar surface area (TPSA) is 53.7 Å². The first-order valence-electron chi connectivity index (χ1n) is 11.1. The molecule has 0 N–H and O–H groups in total. The normalized spacial score (nSPS) is 12.1. The SMILES string of the molecule is CCOCCO[C@@H](C)Cc1ccc(OCCc2nc(-c3ccc(SC)cc3)oc2C)cc1. The number of ether oxygens (including phenoxy) is 3. The van der Waals surface area contributed by atoms with Crippen LogP contribution in [0.1, 0.15) is 30.9 Å². The molecule has 0 aliphatic rings. The molecule has 1 heterocycles. The van der Waals surface area contributed by atoms with Crippen molar-refractivity contribution in [3.63, 3.8) is 0 Å². The first kappa shape index (κ1) is 24.4. The number of aryl methyl sites for hydroxylation is 1. The molecule has 0 unspecified atom stereocenters. The van der Waals surface area contributed by atoms with E-state index in [1.54, 1.807) is 11.8 Å². The second-order valence-corrected chi connectivity index (χ2v) is 8.45. The van der Waals surface area contributed by atoms with Crippen molar-refractivity contribution in [3.8, 4) is 17.2 Å². The molecule has 3 aromatic rings. The van der Waals surface area contributed by atoms with Crippen LogP contribution in [-0.2, 0) is 22.3 Å². The summed E-state index contributed by atoms with van der Waals surface area (Å²) in [5.41, 5.74) is 3.15. The Bertz CT molecular complexity index is 937. The van der Waals surface area contributed by atoms with Crippen LogP contribution in [0.2, 0.25) is 0 Å². The second-order valence-electron chi connectivity index (χ2n) is 7.58. The number of oxazole rings is 1. The van der Waals surface area contributed by atoms with Crippen molar-refractivity contribution in [1.29, 1.82) is 0 Å². The molecule has 0 amide bonds. The van der Waals surface area contributed by atoms with E-state index in [1.165, 1.54) is 10.5 Å². The summed E-state index contributed by atoms with van der Waals surface area (Å²) in [6, 6.07) is 16.5. The second kappa shape index (κ2) is 12.7. The van der Waals surface area contributed by atoms with Gasteiger partial charge in [0.1, 0.15) is 11.5 Å². The molecule has 0 saturated carbocycles. The monoisotopic (exact) mass is 455 g/mol. The summed E-state index contributed by atoms with van der Waals surface area (Å²) < 4.78 is 22.9. The van der Waals surface area contributed by atoms with Gasteiger partial charge in [-0.3, -0.25) is 0 Å². The molecule has 172 valence electrons. The van der Waals surface area contributed by atoms with Crippen LogP contribution in [0.3, 0.4) is 0 Å². The molecule has 32 heavy (non-hydrogen) atoms. The molecule has 5 nitrogen and oxygen atoms in total. The lowest BCUT2D eigenvalue weighted by Crippen LogP contribution is -2.15. The quantitative estimate of drug-likeness (QED) is 0.233. The minimum Gasteiger partial charge on any atom is -0.493 e. The molecule has 0 spiro atoms. The highest BCUT2D eigenvalue weighted by Crippen LogP contribution is 2.25. The van der Waals surface area contributed by atoms with Crippen LogP contribution in [0, 0.1) is 6.92 Å². The maximum Gasteiger partial charge on any atom is 0.226 e. The Balaban J connectivity index is 1.45. The number of aromatic nitrogens is 1. The van der Waals surface area contributed by atoms with Gasteiger partial charge in [-0.1, -0.05) is 12.1 Å². The molecule has 0 fully saturated rings. The zero-order chi connectivity index (χ0) is 22.8. The van der Waals surface area contributed by atoms with Gasteiger partial charge in [-0.05, 0) is 75.4 Å². The standard InChI is InChI=1S/C26H33NO4S/c1-5-28-16-17-29-19(2)18-21-6-10-23(11-7-21)30-15-14-25-20(3)31-26(27-25)22-8-12-24(32-4)13-9-22/h6-13,19H,5,14-18H2,1-4H3/t19-/m0/s1. The highest BCUT2D eigenvalue weighted by molar-refractivity contribution is 7.98. The molecule has 3 rings (SSSR count). The van der Waals surface area contributed by atoms with Gasteiger partial charge in [0.25, 0.3) is 0 Å². The first-order chi connectivity index (χ1) is 15.6. The van der Waals surface area contributed by atoms with Gasteiger partial charge in [-0.25, -0.2) is 4.98 Å². The van der Waals surface area contributed by atoms with Crippen molar-refractivity contribution in [1.82, 2.24) is 4.98 Å². The van der Waals surface area contributed by atoms with Crippen molar-refractivity contribution < 1.29 is 18.6 Å². The summed E-state index contributed by atoms with van der Waals surface area (Å²) in [6.45, 7) is 8.57. The lowest BCUT2D eigenvalue weighted by atomic mass is 10.1. The predicted molar refractivity (Wildman–Crippen MR) is 130 cm³/mol. The number of hydrogen-bond donors (Lipinski definition) is 0. The van der Waals surface area contributed by atoms with Crippen LogP contribution < -0.4 is 4.74 Å². The van der Waals surface area contributed by atoms with E-state index in [2.05, 4.69) is 42.4 Å². The minimum atomic E-state index is 0.156. The molecule has 0 radical (unpaired) electrons. The van der Waals surface area contributed by atoms with Crippen LogP contribution in [0.5, 0.6) is 5.75 Å². The summed E-state index contributed by atoms with van der Waals surface area (Å²) >= 11 is 1.72. The molecular formula is C26H33NO4S. The van der Waals surface area contributed by atoms with Gasteiger partial charge >= 0.3 is 0 Å². The average Bonchev–Trinajstić information content (AvgIpc) is 3.18. The van der Waals surface area contributed by atoms with Gasteiger partial charge in [0.2, 0.25) is 5.89 Å². The first-order valence-corrected chi connectivity index (χ1v) is 12.3. The van der Waals surface area contributed by atoms with Gasteiger partial charge in [-0.15, -0.1) is 11.8 Å². The van der Waals surface area contributed by atoms with Gasteiger partial charge in [0, 0.05) is 23.5 Å². The Kier molecular flexibility index (Phi) is 9.65. The van der Waals surface area contributed by atoms with E-state index in [-0.39, 0.29) is 6.10 Å². The molecule has 2 aromatic carbocycles. The van der Waals surface area contributed by atoms with E-state index in [1.807, 2.05) is 38.1 Å². The van der Waals surface area contributed by atoms with Crippen molar-refractivity contribution in [2.24, 2.45) is 0 Å². The Morgan fingerprint density at radius 2 is 1.75 bits per heavy atom. The van der Waals surface area contributed by atoms with Crippen molar-refractivity contribution >= 4 is 11.8 Å². The highest BCUT2D eigenvalue weighted by Gasteiger charge is 2.12. The molecule has 6 heteroatoms. The van der Waals surface area contributed by atoms with E-state index in [0.717, 1.165) is 35.8 Å². The maximum atomic E-state index is 5.93. The summed E-state index contributed by atoms with van der Waals surface area (Å²) in [6.07, 6.45) is 3.79. The zero-order valence-corrected chi connectivity index (χ0v) is 20.2. The summed E-state index contributed by atoms with van der Waals surface area (Å²) in [5.74, 6) is 2.35. The maximum absolute atomic E-state index is 5.93. The molecule has 0 saturated heterocycles. The highest BCUT2D eigenvalue weighted by atomic mass is 32.2. The van der Waals surface area contributed by atoms with E-state index in [9.17, 15) is 0 Å². The van der Waals surface area contributed by atoms with Crippen molar-refractivity contribution in [2.45, 2.75) is 44.6 Å². The Morgan fingerprint density at radius 3 is 2.44 bits per heavy atom. The fraction of sp³-hybridized carbons (Fsp3) is 0.423. The van der Waals surface area contributed by atoms with Gasteiger partial charge in [0.15, 0.2) is 0 Å². The third kappa shape index (κ3) is 7.40. The molecule has 0 bridgehead atoms. The Labute approximate surface area is 195 Å². The van der Waals surface area contributed by atoms with Crippen LogP contribution in [-0.4, -0.2) is 43.8 Å². The van der Waals surface area contributed by atoms with E-state index >= 15 is 0 Å². The number of thioether (sulfide) groups is 1. The number of hydrogen-bond acceptors (Lipinski definition) is 6. The third-order valence-electron chi connectivity index (χ3n) is 5.12. The lowest BCUT2D eigenvalue weighted by molar-refractivity contribution is 0.0158. The Hall–Kier alpha value is -2.28. The van der Waals surface area contributed by atoms with E-state index in [0.29, 0.717) is 32.1 Å². The Morgan fingerprint density at radius 1 is 1.00 bits per heavy atom. The molecular weight excluding hydrogens is 422 g/mol. The van der Waals surface area contributed by atoms with Gasteiger partial charge in [0.05, 0.1) is 31.6 Å².